The van der Waals surface area contributed by atoms with Gasteiger partial charge >= 0.3 is 6.09 Å². The molecule has 1 amide bonds. The number of ether oxygens (including phenoxy) is 3. The molecule has 4 heterocycles. The van der Waals surface area contributed by atoms with Gasteiger partial charge in [-0.05, 0) is 63.7 Å². The zero-order chi connectivity index (χ0) is 27.2. The molecule has 4 aliphatic heterocycles. The number of hydrogen-bond acceptors (Lipinski definition) is 7. The molecule has 2 spiro atoms. The van der Waals surface area contributed by atoms with Crippen LogP contribution in [0.2, 0.25) is 0 Å². The van der Waals surface area contributed by atoms with Gasteiger partial charge in [0.05, 0.1) is 26.4 Å². The Morgan fingerprint density at radius 1 is 0.892 bits per heavy atom. The summed E-state index contributed by atoms with van der Waals surface area (Å²) in [7, 11) is 0. The predicted molar refractivity (Wildman–Crippen MR) is 147 cm³/mol. The molecule has 0 bridgehead atoms. The van der Waals surface area contributed by atoms with Crippen LogP contribution in [0.15, 0.2) is 0 Å². The van der Waals surface area contributed by atoms with E-state index >= 15 is 0 Å². The number of carbonyl (C=O) groups excluding carboxylic acids is 1. The monoisotopic (exact) mass is 523 g/mol. The number of nitrogens with zero attached hydrogens (tertiary/aromatic N) is 3. The second-order valence-corrected chi connectivity index (χ2v) is 13.3. The normalized spacial score (nSPS) is 27.8. The lowest BCUT2D eigenvalue weighted by Crippen LogP contribution is -2.65. The van der Waals surface area contributed by atoms with Gasteiger partial charge in [-0.2, -0.15) is 0 Å². The summed E-state index contributed by atoms with van der Waals surface area (Å²) < 4.78 is 22.4. The van der Waals surface area contributed by atoms with E-state index in [0.29, 0.717) is 12.3 Å². The first kappa shape index (κ1) is 27.6. The van der Waals surface area contributed by atoms with Crippen molar-refractivity contribution in [2.45, 2.75) is 65.9 Å². The van der Waals surface area contributed by atoms with Crippen LogP contribution in [0.5, 0.6) is 0 Å². The average molecular weight is 524 g/mol. The summed E-state index contributed by atoms with van der Waals surface area (Å²) >= 11 is 0. The molecule has 0 unspecified atom stereocenters. The molecule has 4 saturated heterocycles. The summed E-state index contributed by atoms with van der Waals surface area (Å²) in [4.78, 5) is 18.9. The maximum Gasteiger partial charge on any atom is 0.410 e. The molecule has 6 aliphatic rings. The molecule has 6 fully saturated rings. The zero-order valence-corrected chi connectivity index (χ0v) is 24.1. The van der Waals surface area contributed by atoms with Crippen molar-refractivity contribution in [1.82, 2.24) is 20.0 Å². The van der Waals surface area contributed by atoms with Crippen LogP contribution in [0.4, 0.5) is 4.79 Å². The maximum absolute atomic E-state index is 11.9. The van der Waals surface area contributed by atoms with E-state index in [9.17, 15) is 4.79 Å². The van der Waals surface area contributed by atoms with Crippen molar-refractivity contribution < 1.29 is 20.4 Å². The highest BCUT2D eigenvalue weighted by Crippen LogP contribution is 2.52. The van der Waals surface area contributed by atoms with Crippen LogP contribution in [-0.4, -0.2) is 118 Å². The van der Waals surface area contributed by atoms with Gasteiger partial charge in [0, 0.05) is 72.2 Å². The number of hydrogen-bond donors (Lipinski definition) is 1. The first-order valence-electron chi connectivity index (χ1n) is 15.4. The highest BCUT2D eigenvalue weighted by molar-refractivity contribution is 5.69. The molecule has 0 aromatic carbocycles. The van der Waals surface area contributed by atoms with Gasteiger partial charge < -0.3 is 24.4 Å². The van der Waals surface area contributed by atoms with Gasteiger partial charge in [0.2, 0.25) is 0 Å². The number of carbonyl (C=O) groups is 1. The highest BCUT2D eigenvalue weighted by Gasteiger charge is 2.54. The summed E-state index contributed by atoms with van der Waals surface area (Å²) in [5.74, 6) is 1.79. The molecule has 8 heteroatoms. The van der Waals surface area contributed by atoms with Gasteiger partial charge in [0.15, 0.2) is 0 Å². The van der Waals surface area contributed by atoms with Crippen LogP contribution in [-0.2, 0) is 14.2 Å². The molecule has 6 rings (SSSR count). The minimum absolute atomic E-state index is 0.148. The van der Waals surface area contributed by atoms with Gasteiger partial charge in [-0.3, -0.25) is 9.80 Å². The van der Waals surface area contributed by atoms with E-state index < -0.39 is 5.60 Å². The molecule has 1 N–H and O–H groups in total. The molecule has 2 saturated carbocycles. The molecule has 214 valence electrons. The zero-order valence-electron chi connectivity index (χ0n) is 25.1. The molecular formula is C29H54N4O4. The first-order valence-corrected chi connectivity index (χ1v) is 14.7. The Kier molecular flexibility index (Phi) is 9.33. The molecule has 0 atom stereocenters. The lowest BCUT2D eigenvalue weighted by molar-refractivity contribution is -0.104. The van der Waals surface area contributed by atoms with E-state index in [1.165, 1.54) is 51.9 Å². The van der Waals surface area contributed by atoms with Crippen LogP contribution in [0, 0.1) is 22.7 Å². The van der Waals surface area contributed by atoms with E-state index in [2.05, 4.69) is 15.1 Å². The van der Waals surface area contributed by atoms with Gasteiger partial charge in [-0.15, -0.1) is 0 Å². The van der Waals surface area contributed by atoms with E-state index in [0.717, 1.165) is 82.9 Å². The third-order valence-corrected chi connectivity index (χ3v) is 8.83. The molecule has 37 heavy (non-hydrogen) atoms. The summed E-state index contributed by atoms with van der Waals surface area (Å²) in [5, 5.41) is 3.39. The largest absolute Gasteiger partial charge is 0.444 e. The van der Waals surface area contributed by atoms with E-state index in [-0.39, 0.29) is 6.09 Å². The topological polar surface area (TPSA) is 66.5 Å². The number of rotatable bonds is 4. The molecule has 0 aromatic rings. The van der Waals surface area contributed by atoms with Crippen molar-refractivity contribution in [2.75, 3.05) is 91.9 Å². The SMILES string of the molecule is C1CN(CC2CC3(CNC3)C2)CCO1.CC(C)(C)OC(=O)N1CC2(CC(CN3CCOCC3)C2)C1.[2H]CC. The van der Waals surface area contributed by atoms with Crippen LogP contribution < -0.4 is 5.32 Å². The van der Waals surface area contributed by atoms with Crippen molar-refractivity contribution >= 4 is 6.09 Å². The predicted octanol–water partition coefficient (Wildman–Crippen LogP) is 3.31. The third-order valence-electron chi connectivity index (χ3n) is 8.83. The Balaban J connectivity index is 0.000000170. The lowest BCUT2D eigenvalue weighted by Gasteiger charge is -2.59. The summed E-state index contributed by atoms with van der Waals surface area (Å²) in [6.07, 6.45) is 5.33. The van der Waals surface area contributed by atoms with E-state index in [1.807, 2.05) is 25.7 Å². The summed E-state index contributed by atoms with van der Waals surface area (Å²) in [6.45, 7) is 23.0. The molecular weight excluding hydrogens is 468 g/mol. The standard InChI is InChI=1S/C16H28N2O3.C11H20N2O.C2H6/c1-15(2,3)21-14(19)18-11-16(12-18)8-13(9-16)10-17-4-6-20-7-5-17;1-3-14-4-2-13(1)7-10-5-11(6-10)8-12-9-11;1-2/h13H,4-12H2,1-3H3;10,12H,1-9H2;1-2H3/i;;1D. The van der Waals surface area contributed by atoms with Crippen molar-refractivity contribution in [3.05, 3.63) is 0 Å². The fraction of sp³-hybridized carbons (Fsp3) is 0.966. The Morgan fingerprint density at radius 3 is 1.70 bits per heavy atom. The van der Waals surface area contributed by atoms with Crippen LogP contribution >= 0.6 is 0 Å². The van der Waals surface area contributed by atoms with Crippen molar-refractivity contribution in [3.8, 4) is 0 Å². The lowest BCUT2D eigenvalue weighted by atomic mass is 9.57. The third kappa shape index (κ3) is 7.81. The van der Waals surface area contributed by atoms with Crippen molar-refractivity contribution in [3.63, 3.8) is 0 Å². The summed E-state index contributed by atoms with van der Waals surface area (Å²) in [5.41, 5.74) is 0.767. The minimum Gasteiger partial charge on any atom is -0.444 e. The molecule has 0 aromatic heterocycles. The Bertz CT molecular complexity index is 725. The maximum atomic E-state index is 11.9. The fourth-order valence-electron chi connectivity index (χ4n) is 7.13. The first-order chi connectivity index (χ1) is 18.1. The van der Waals surface area contributed by atoms with Crippen LogP contribution in [0.25, 0.3) is 0 Å². The van der Waals surface area contributed by atoms with Crippen molar-refractivity contribution in [1.29, 1.82) is 0 Å². The van der Waals surface area contributed by atoms with Crippen LogP contribution in [0.3, 0.4) is 0 Å². The Morgan fingerprint density at radius 2 is 1.32 bits per heavy atom. The van der Waals surface area contributed by atoms with Crippen LogP contribution in [0.1, 0.15) is 61.6 Å². The number of amides is 1. The fourth-order valence-corrected chi connectivity index (χ4v) is 7.13. The van der Waals surface area contributed by atoms with E-state index in [1.54, 1.807) is 6.92 Å². The van der Waals surface area contributed by atoms with E-state index in [4.69, 9.17) is 15.6 Å². The van der Waals surface area contributed by atoms with Gasteiger partial charge in [-0.25, -0.2) is 4.79 Å². The number of likely N-dealkylation sites (tertiary alicyclic amines) is 1. The highest BCUT2D eigenvalue weighted by atomic mass is 16.6. The molecule has 0 radical (unpaired) electrons. The second-order valence-electron chi connectivity index (χ2n) is 13.3. The Hall–Kier alpha value is -0.930. The number of morpholine rings is 2. The minimum atomic E-state index is -0.391. The smallest absolute Gasteiger partial charge is 0.410 e. The van der Waals surface area contributed by atoms with Crippen molar-refractivity contribution in [2.24, 2.45) is 22.7 Å². The second kappa shape index (κ2) is 12.5. The summed E-state index contributed by atoms with van der Waals surface area (Å²) in [6, 6.07) is 0. The van der Waals surface area contributed by atoms with Gasteiger partial charge in [0.25, 0.3) is 0 Å². The number of nitrogens with one attached hydrogen (secondary N) is 1. The quantitative estimate of drug-likeness (QED) is 0.606. The van der Waals surface area contributed by atoms with Gasteiger partial charge in [-0.1, -0.05) is 13.8 Å². The average Bonchev–Trinajstić information content (AvgIpc) is 2.76. The Labute approximate surface area is 227 Å². The molecule has 2 aliphatic carbocycles. The molecule has 8 nitrogen and oxygen atoms in total. The van der Waals surface area contributed by atoms with Gasteiger partial charge in [0.1, 0.15) is 5.60 Å².